The van der Waals surface area contributed by atoms with Crippen LogP contribution in [0, 0.1) is 30.4 Å². The highest BCUT2D eigenvalue weighted by molar-refractivity contribution is 6.21. The van der Waals surface area contributed by atoms with Crippen molar-refractivity contribution in [2.45, 2.75) is 32.2 Å². The lowest BCUT2D eigenvalue weighted by Crippen LogP contribution is -2.73. The Hall–Kier alpha value is -4.52. The molecule has 10 heteroatoms. The standard InChI is InChI=1S/C27H23F2N5O3/c1-3-27-15-23(35)34(26(37)33(27)12-11-32(25(27)36)22-16-30-31-17(22)2)24-20(28)13-19(14-21(24)29)10-9-18-7-5-4-6-8-18/h4-8,13-14,16H,3,11-12,15H2,1-2H3,(H,30,31)/t27-/m0/s1. The molecule has 2 aliphatic rings. The molecule has 5 rings (SSSR count). The second-order valence-electron chi connectivity index (χ2n) is 8.94. The van der Waals surface area contributed by atoms with Crippen molar-refractivity contribution in [2.75, 3.05) is 22.9 Å². The van der Waals surface area contributed by atoms with E-state index < -0.39 is 47.1 Å². The SMILES string of the molecule is CC[C@@]12CC(=O)N(c3c(F)cc(C#Cc4ccccc4)cc3F)C(=O)N1CCN(c1c[nH]nc1C)C2=O. The van der Waals surface area contributed by atoms with Gasteiger partial charge in [-0.15, -0.1) is 0 Å². The number of amides is 4. The average Bonchev–Trinajstić information content (AvgIpc) is 3.31. The quantitative estimate of drug-likeness (QED) is 0.552. The molecule has 0 aliphatic carbocycles. The van der Waals surface area contributed by atoms with E-state index in [1.54, 1.807) is 44.3 Å². The Kier molecular flexibility index (Phi) is 5.99. The highest BCUT2D eigenvalue weighted by Crippen LogP contribution is 2.40. The summed E-state index contributed by atoms with van der Waals surface area (Å²) in [6.07, 6.45) is 1.33. The number of imide groups is 1. The molecule has 0 radical (unpaired) electrons. The Labute approximate surface area is 211 Å². The van der Waals surface area contributed by atoms with Crippen molar-refractivity contribution in [1.82, 2.24) is 15.1 Å². The summed E-state index contributed by atoms with van der Waals surface area (Å²) in [7, 11) is 0. The van der Waals surface area contributed by atoms with Gasteiger partial charge in [0.1, 0.15) is 11.2 Å². The van der Waals surface area contributed by atoms with Gasteiger partial charge >= 0.3 is 6.03 Å². The van der Waals surface area contributed by atoms with Gasteiger partial charge in [-0.05, 0) is 37.6 Å². The first kappa shape index (κ1) is 24.2. The maximum atomic E-state index is 15.2. The normalized spacial score (nSPS) is 19.6. The van der Waals surface area contributed by atoms with Crippen molar-refractivity contribution in [3.8, 4) is 11.8 Å². The van der Waals surface area contributed by atoms with Crippen LogP contribution in [0.4, 0.5) is 25.0 Å². The smallest absolute Gasteiger partial charge is 0.307 e. The summed E-state index contributed by atoms with van der Waals surface area (Å²) in [5.41, 5.74) is -0.348. The number of carbonyl (C=O) groups excluding carboxylic acids is 3. The number of aromatic amines is 1. The average molecular weight is 504 g/mol. The molecule has 2 fully saturated rings. The van der Waals surface area contributed by atoms with E-state index in [0.717, 1.165) is 12.1 Å². The fourth-order valence-electron chi connectivity index (χ4n) is 4.95. The van der Waals surface area contributed by atoms with E-state index in [-0.39, 0.29) is 25.1 Å². The van der Waals surface area contributed by atoms with E-state index in [1.165, 1.54) is 9.80 Å². The van der Waals surface area contributed by atoms with E-state index >= 15 is 8.78 Å². The Morgan fingerprint density at radius 1 is 1.03 bits per heavy atom. The number of hydrogen-bond donors (Lipinski definition) is 1. The van der Waals surface area contributed by atoms with Gasteiger partial charge in [0.15, 0.2) is 11.6 Å². The van der Waals surface area contributed by atoms with E-state index in [2.05, 4.69) is 22.0 Å². The van der Waals surface area contributed by atoms with E-state index in [4.69, 9.17) is 0 Å². The van der Waals surface area contributed by atoms with Crippen LogP contribution in [0.25, 0.3) is 0 Å². The minimum Gasteiger partial charge on any atom is -0.307 e. The monoisotopic (exact) mass is 503 g/mol. The molecule has 0 spiro atoms. The van der Waals surface area contributed by atoms with Crippen LogP contribution in [-0.2, 0) is 9.59 Å². The molecule has 188 valence electrons. The number of hydrogen-bond acceptors (Lipinski definition) is 4. The number of rotatable bonds is 3. The number of nitrogens with one attached hydrogen (secondary N) is 1. The van der Waals surface area contributed by atoms with Crippen molar-refractivity contribution in [1.29, 1.82) is 0 Å². The molecule has 3 heterocycles. The van der Waals surface area contributed by atoms with Gasteiger partial charge in [0.2, 0.25) is 5.91 Å². The molecule has 4 amide bonds. The first-order valence-corrected chi connectivity index (χ1v) is 11.8. The van der Waals surface area contributed by atoms with E-state index in [9.17, 15) is 14.4 Å². The third-order valence-corrected chi connectivity index (χ3v) is 6.87. The van der Waals surface area contributed by atoms with Crippen LogP contribution in [0.1, 0.15) is 36.6 Å². The Morgan fingerprint density at radius 2 is 1.70 bits per heavy atom. The van der Waals surface area contributed by atoms with Gasteiger partial charge in [-0.2, -0.15) is 5.10 Å². The first-order valence-electron chi connectivity index (χ1n) is 11.8. The molecule has 3 aromatic rings. The fraction of sp³-hybridized carbons (Fsp3) is 0.259. The number of aryl methyl sites for hydroxylation is 1. The highest BCUT2D eigenvalue weighted by atomic mass is 19.1. The number of aromatic nitrogens is 2. The third kappa shape index (κ3) is 3.93. The summed E-state index contributed by atoms with van der Waals surface area (Å²) in [5.74, 6) is 2.04. The summed E-state index contributed by atoms with van der Waals surface area (Å²) in [4.78, 5) is 43.7. The molecular formula is C27H23F2N5O3. The second-order valence-corrected chi connectivity index (χ2v) is 8.94. The molecule has 0 bridgehead atoms. The fourth-order valence-corrected chi connectivity index (χ4v) is 4.95. The molecule has 1 N–H and O–H groups in total. The summed E-state index contributed by atoms with van der Waals surface area (Å²) in [6, 6.07) is 9.96. The zero-order chi connectivity index (χ0) is 26.3. The Balaban J connectivity index is 1.47. The molecule has 1 aromatic heterocycles. The maximum Gasteiger partial charge on any atom is 0.332 e. The number of urea groups is 1. The summed E-state index contributed by atoms with van der Waals surface area (Å²) in [6.45, 7) is 3.67. The first-order chi connectivity index (χ1) is 17.8. The predicted octanol–water partition coefficient (Wildman–Crippen LogP) is 3.75. The van der Waals surface area contributed by atoms with Crippen LogP contribution in [-0.4, -0.2) is 51.6 Å². The number of H-pyrrole nitrogens is 1. The summed E-state index contributed by atoms with van der Waals surface area (Å²) >= 11 is 0. The van der Waals surface area contributed by atoms with E-state index in [0.29, 0.717) is 21.8 Å². The van der Waals surface area contributed by atoms with Crippen molar-refractivity contribution in [3.05, 3.63) is 77.1 Å². The molecule has 37 heavy (non-hydrogen) atoms. The molecule has 0 unspecified atom stereocenters. The molecule has 2 aromatic carbocycles. The number of nitrogens with zero attached hydrogens (tertiary/aromatic N) is 4. The molecule has 1 atom stereocenters. The minimum atomic E-state index is -1.46. The summed E-state index contributed by atoms with van der Waals surface area (Å²) in [5, 5.41) is 6.76. The van der Waals surface area contributed by atoms with E-state index in [1.807, 2.05) is 6.07 Å². The topological polar surface area (TPSA) is 89.6 Å². The number of fused-ring (bicyclic) bond motifs is 1. The lowest BCUT2D eigenvalue weighted by molar-refractivity contribution is -0.139. The predicted molar refractivity (Wildman–Crippen MR) is 132 cm³/mol. The van der Waals surface area contributed by atoms with Crippen LogP contribution in [0.2, 0.25) is 0 Å². The lowest BCUT2D eigenvalue weighted by Gasteiger charge is -2.52. The van der Waals surface area contributed by atoms with Crippen LogP contribution < -0.4 is 9.80 Å². The number of benzene rings is 2. The van der Waals surface area contributed by atoms with Gasteiger partial charge in [0.05, 0.1) is 17.8 Å². The zero-order valence-corrected chi connectivity index (χ0v) is 20.2. The Morgan fingerprint density at radius 3 is 2.32 bits per heavy atom. The molecule has 2 saturated heterocycles. The molecular weight excluding hydrogens is 480 g/mol. The van der Waals surface area contributed by atoms with Crippen LogP contribution >= 0.6 is 0 Å². The third-order valence-electron chi connectivity index (χ3n) is 6.87. The van der Waals surface area contributed by atoms with Crippen molar-refractivity contribution < 1.29 is 23.2 Å². The Bertz CT molecular complexity index is 1450. The largest absolute Gasteiger partial charge is 0.332 e. The minimum absolute atomic E-state index is 0.0571. The number of halogens is 2. The van der Waals surface area contributed by atoms with Crippen molar-refractivity contribution >= 4 is 29.2 Å². The van der Waals surface area contributed by atoms with Gasteiger partial charge in [-0.3, -0.25) is 14.7 Å². The summed E-state index contributed by atoms with van der Waals surface area (Å²) < 4.78 is 30.4. The van der Waals surface area contributed by atoms with Crippen LogP contribution in [0.5, 0.6) is 0 Å². The number of piperazine rings is 1. The van der Waals surface area contributed by atoms with Crippen LogP contribution in [0.15, 0.2) is 48.7 Å². The zero-order valence-electron chi connectivity index (χ0n) is 20.2. The van der Waals surface area contributed by atoms with Gasteiger partial charge < -0.3 is 9.80 Å². The van der Waals surface area contributed by atoms with Gasteiger partial charge in [-0.25, -0.2) is 18.5 Å². The molecule has 8 nitrogen and oxygen atoms in total. The lowest BCUT2D eigenvalue weighted by atomic mass is 9.83. The van der Waals surface area contributed by atoms with Crippen LogP contribution in [0.3, 0.4) is 0 Å². The number of carbonyl (C=O) groups is 3. The highest BCUT2D eigenvalue weighted by Gasteiger charge is 2.58. The number of anilines is 2. The van der Waals surface area contributed by atoms with Crippen molar-refractivity contribution in [2.24, 2.45) is 0 Å². The van der Waals surface area contributed by atoms with Gasteiger partial charge in [0.25, 0.3) is 5.91 Å². The molecule has 0 saturated carbocycles. The maximum absolute atomic E-state index is 15.2. The van der Waals surface area contributed by atoms with Crippen molar-refractivity contribution in [3.63, 3.8) is 0 Å². The second kappa shape index (κ2) is 9.17. The van der Waals surface area contributed by atoms with Gasteiger partial charge in [0, 0.05) is 30.4 Å². The van der Waals surface area contributed by atoms with Gasteiger partial charge in [-0.1, -0.05) is 37.0 Å². The molecule has 2 aliphatic heterocycles.